The second-order valence-corrected chi connectivity index (χ2v) is 6.89. The number of phenols is 2. The number of hydrogen-bond acceptors (Lipinski definition) is 4. The zero-order valence-electron chi connectivity index (χ0n) is 13.0. The Labute approximate surface area is 143 Å². The Morgan fingerprint density at radius 3 is 2.35 bits per heavy atom. The van der Waals surface area contributed by atoms with Gasteiger partial charge in [0.15, 0.2) is 0 Å². The van der Waals surface area contributed by atoms with Crippen LogP contribution in [0.15, 0.2) is 23.9 Å². The second-order valence-electron chi connectivity index (χ2n) is 6.12. The molecule has 2 fully saturated rings. The van der Waals surface area contributed by atoms with Gasteiger partial charge in [-0.2, -0.15) is 0 Å². The Bertz CT molecular complexity index is 660. The molecule has 0 unspecified atom stereocenters. The number of benzene rings is 1. The maximum atomic E-state index is 12.8. The summed E-state index contributed by atoms with van der Waals surface area (Å²) >= 11 is 3.01. The molecule has 0 radical (unpaired) electrons. The van der Waals surface area contributed by atoms with Crippen molar-refractivity contribution in [2.45, 2.75) is 38.1 Å². The summed E-state index contributed by atoms with van der Waals surface area (Å²) in [6.45, 7) is 0. The van der Waals surface area contributed by atoms with E-state index in [4.69, 9.17) is 0 Å². The predicted molar refractivity (Wildman–Crippen MR) is 90.0 cm³/mol. The van der Waals surface area contributed by atoms with Crippen LogP contribution in [0.3, 0.4) is 0 Å². The summed E-state index contributed by atoms with van der Waals surface area (Å²) in [6.07, 6.45) is 7.32. The zero-order valence-corrected chi connectivity index (χ0v) is 14.7. The van der Waals surface area contributed by atoms with E-state index in [1.54, 1.807) is 6.08 Å². The first kappa shape index (κ1) is 16.1. The van der Waals surface area contributed by atoms with Crippen molar-refractivity contribution in [3.63, 3.8) is 0 Å². The molecule has 0 atom stereocenters. The number of amides is 1. The molecule has 1 aliphatic heterocycles. The van der Waals surface area contributed by atoms with Crippen LogP contribution in [-0.4, -0.2) is 59.3 Å². The number of carbonyl (C=O) groups is 1. The van der Waals surface area contributed by atoms with Crippen LogP contribution >= 0.6 is 0 Å². The van der Waals surface area contributed by atoms with Gasteiger partial charge in [-0.3, -0.25) is 0 Å². The second kappa shape index (κ2) is 6.38. The molecule has 1 saturated carbocycles. The van der Waals surface area contributed by atoms with Crippen molar-refractivity contribution in [3.8, 4) is 11.5 Å². The Kier molecular flexibility index (Phi) is 4.46. The van der Waals surface area contributed by atoms with Crippen LogP contribution in [0.25, 0.3) is 6.08 Å². The van der Waals surface area contributed by atoms with Gasteiger partial charge in [0.1, 0.15) is 0 Å². The standard InChI is InChI=1S/C17H20N2O3Se/c1-18-15(9-11-7-13(20)10-14(21)8-11)16(22)19(17(18)23)12-5-3-2-4-6-12/h7-10,12,20-21H,2-6H2,1H3/b15-9+. The monoisotopic (exact) mass is 380 g/mol. The third kappa shape index (κ3) is 3.14. The molecule has 1 aromatic rings. The van der Waals surface area contributed by atoms with Gasteiger partial charge in [-0.1, -0.05) is 0 Å². The van der Waals surface area contributed by atoms with Crippen molar-refractivity contribution in [1.29, 1.82) is 0 Å². The first-order valence-electron chi connectivity index (χ1n) is 7.83. The van der Waals surface area contributed by atoms with E-state index in [9.17, 15) is 15.0 Å². The van der Waals surface area contributed by atoms with Crippen molar-refractivity contribution in [3.05, 3.63) is 29.5 Å². The van der Waals surface area contributed by atoms with Gasteiger partial charge in [0.25, 0.3) is 0 Å². The molecule has 1 amide bonds. The van der Waals surface area contributed by atoms with Gasteiger partial charge in [-0.15, -0.1) is 0 Å². The van der Waals surface area contributed by atoms with Crippen molar-refractivity contribution < 1.29 is 15.0 Å². The summed E-state index contributed by atoms with van der Waals surface area (Å²) in [5.74, 6) is -0.0846. The molecule has 1 saturated heterocycles. The Balaban J connectivity index is 1.92. The third-order valence-corrected chi connectivity index (χ3v) is 5.45. The van der Waals surface area contributed by atoms with Crippen LogP contribution in [-0.2, 0) is 4.79 Å². The molecule has 0 bridgehead atoms. The van der Waals surface area contributed by atoms with E-state index in [0.29, 0.717) is 11.3 Å². The van der Waals surface area contributed by atoms with Gasteiger partial charge < -0.3 is 0 Å². The average Bonchev–Trinajstić information content (AvgIpc) is 2.71. The molecule has 1 aromatic carbocycles. The van der Waals surface area contributed by atoms with Gasteiger partial charge in [0, 0.05) is 0 Å². The summed E-state index contributed by atoms with van der Waals surface area (Å²) in [7, 11) is 1.85. The molecular weight excluding hydrogens is 359 g/mol. The molecule has 2 aliphatic rings. The van der Waals surface area contributed by atoms with E-state index in [1.165, 1.54) is 24.6 Å². The summed E-state index contributed by atoms with van der Waals surface area (Å²) in [5, 5.41) is 19.2. The SMILES string of the molecule is CN1C(=[Se])N(C2CCCCC2)C(=O)/C1=C\c1cc(O)cc(O)c1. The summed E-state index contributed by atoms with van der Waals surface area (Å²) in [5.41, 5.74) is 1.13. The number of nitrogens with zero attached hydrogens (tertiary/aromatic N) is 2. The fourth-order valence-electron chi connectivity index (χ4n) is 3.30. The first-order valence-corrected chi connectivity index (χ1v) is 8.69. The molecule has 6 heteroatoms. The van der Waals surface area contributed by atoms with Gasteiger partial charge in [0.05, 0.1) is 0 Å². The van der Waals surface area contributed by atoms with Crippen LogP contribution in [0, 0.1) is 0 Å². The Hall–Kier alpha value is -1.78. The van der Waals surface area contributed by atoms with Crippen LogP contribution in [0.5, 0.6) is 11.5 Å². The molecule has 0 aromatic heterocycles. The first-order chi connectivity index (χ1) is 11.0. The number of hydrogen-bond donors (Lipinski definition) is 2. The number of likely N-dealkylation sites (N-methyl/N-ethyl adjacent to an activating group) is 1. The van der Waals surface area contributed by atoms with Crippen LogP contribution in [0.4, 0.5) is 0 Å². The summed E-state index contributed by atoms with van der Waals surface area (Å²) < 4.78 is 0.817. The number of phenolic OH excluding ortho intramolecular Hbond substituents is 2. The van der Waals surface area contributed by atoms with E-state index < -0.39 is 0 Å². The fourth-order valence-corrected chi connectivity index (χ4v) is 3.99. The number of rotatable bonds is 2. The molecule has 1 aliphatic carbocycles. The molecular formula is C17H20N2O3Se. The van der Waals surface area contributed by atoms with Gasteiger partial charge in [0.2, 0.25) is 0 Å². The van der Waals surface area contributed by atoms with Crippen LogP contribution < -0.4 is 0 Å². The third-order valence-electron chi connectivity index (χ3n) is 4.46. The Morgan fingerprint density at radius 2 is 1.74 bits per heavy atom. The summed E-state index contributed by atoms with van der Waals surface area (Å²) in [4.78, 5) is 16.5. The Morgan fingerprint density at radius 1 is 1.13 bits per heavy atom. The van der Waals surface area contributed by atoms with E-state index in [0.717, 1.165) is 30.3 Å². The minimum atomic E-state index is -0.0315. The fraction of sp³-hybridized carbons (Fsp3) is 0.412. The molecule has 1 heterocycles. The van der Waals surface area contributed by atoms with Crippen molar-refractivity contribution in [1.82, 2.24) is 9.80 Å². The van der Waals surface area contributed by atoms with Gasteiger partial charge >= 0.3 is 143 Å². The number of aromatic hydroxyl groups is 2. The maximum absolute atomic E-state index is 12.8. The molecule has 5 nitrogen and oxygen atoms in total. The van der Waals surface area contributed by atoms with Crippen molar-refractivity contribution in [2.75, 3.05) is 7.05 Å². The zero-order chi connectivity index (χ0) is 16.6. The van der Waals surface area contributed by atoms with Crippen LogP contribution in [0.2, 0.25) is 0 Å². The normalized spacial score (nSPS) is 21.5. The van der Waals surface area contributed by atoms with Gasteiger partial charge in [-0.05, 0) is 0 Å². The molecule has 0 spiro atoms. The predicted octanol–water partition coefficient (Wildman–Crippen LogP) is 1.80. The van der Waals surface area contributed by atoms with Crippen molar-refractivity contribution >= 4 is 32.2 Å². The van der Waals surface area contributed by atoms with E-state index in [2.05, 4.69) is 15.6 Å². The van der Waals surface area contributed by atoms with E-state index in [1.807, 2.05) is 16.8 Å². The van der Waals surface area contributed by atoms with Crippen LogP contribution in [0.1, 0.15) is 37.7 Å². The number of carbonyl (C=O) groups excluding carboxylic acids is 1. The average molecular weight is 379 g/mol. The minimum absolute atomic E-state index is 0.0265. The molecule has 2 N–H and O–H groups in total. The van der Waals surface area contributed by atoms with E-state index >= 15 is 0 Å². The summed E-state index contributed by atoms with van der Waals surface area (Å²) in [6, 6.07) is 4.56. The van der Waals surface area contributed by atoms with Gasteiger partial charge in [-0.25, -0.2) is 0 Å². The quantitative estimate of drug-likeness (QED) is 0.608. The molecule has 122 valence electrons. The van der Waals surface area contributed by atoms with E-state index in [-0.39, 0.29) is 23.4 Å². The topological polar surface area (TPSA) is 64.0 Å². The molecule has 23 heavy (non-hydrogen) atoms. The molecule has 3 rings (SSSR count). The van der Waals surface area contributed by atoms with Crippen molar-refractivity contribution in [2.24, 2.45) is 0 Å².